The van der Waals surface area contributed by atoms with E-state index in [1.165, 1.54) is 23.9 Å². The van der Waals surface area contributed by atoms with Crippen LogP contribution in [0.5, 0.6) is 0 Å². The predicted molar refractivity (Wildman–Crippen MR) is 110 cm³/mol. The van der Waals surface area contributed by atoms with Gasteiger partial charge in [0.05, 0.1) is 28.6 Å². The number of benzene rings is 2. The van der Waals surface area contributed by atoms with E-state index in [-0.39, 0.29) is 11.6 Å². The number of carbonyl (C=O) groups is 1. The van der Waals surface area contributed by atoms with Crippen LogP contribution in [0.25, 0.3) is 11.0 Å². The molecule has 3 rings (SSSR count). The lowest BCUT2D eigenvalue weighted by Crippen LogP contribution is -2.23. The average molecular weight is 452 g/mol. The summed E-state index contributed by atoms with van der Waals surface area (Å²) in [5.74, 6) is -0.770. The first-order valence-corrected chi connectivity index (χ1v) is 10.0. The van der Waals surface area contributed by atoms with Gasteiger partial charge in [-0.2, -0.15) is 0 Å². The van der Waals surface area contributed by atoms with Crippen molar-refractivity contribution in [1.29, 1.82) is 0 Å². The highest BCUT2D eigenvalue weighted by atomic mass is 79.9. The summed E-state index contributed by atoms with van der Waals surface area (Å²) in [6.45, 7) is 2.95. The molecule has 3 aromatic rings. The number of hydrogen-bond donors (Lipinski definition) is 1. The van der Waals surface area contributed by atoms with Crippen molar-refractivity contribution >= 4 is 50.3 Å². The highest BCUT2D eigenvalue weighted by Gasteiger charge is 2.20. The number of imidazole rings is 1. The molecule has 0 spiro atoms. The summed E-state index contributed by atoms with van der Waals surface area (Å²) in [6.07, 6.45) is 0. The Labute approximate surface area is 169 Å². The number of thioether (sulfide) groups is 1. The van der Waals surface area contributed by atoms with Crippen LogP contribution >= 0.6 is 27.7 Å². The molecule has 2 aromatic carbocycles. The molecule has 1 aromatic heterocycles. The number of nitrogens with one attached hydrogen (secondary N) is 1. The number of anilines is 1. The molecular formula is C19H19BrFN3O2S. The Hall–Kier alpha value is -1.90. The molecule has 1 amide bonds. The molecule has 1 atom stereocenters. The van der Waals surface area contributed by atoms with E-state index in [1.54, 1.807) is 20.1 Å². The summed E-state index contributed by atoms with van der Waals surface area (Å²) in [5, 5.41) is 2.91. The standard InChI is InChI=1S/C19H19BrFN3O2S/c1-12(18(25)22-15-8-7-13(20)11-14(15)21)27-19-23-16-5-3-4-6-17(16)24(19)9-10-26-2/h3-8,11-12H,9-10H2,1-2H3,(H,22,25)/t12-/m1/s1. The van der Waals surface area contributed by atoms with Crippen molar-refractivity contribution in [3.05, 3.63) is 52.8 Å². The molecular weight excluding hydrogens is 433 g/mol. The van der Waals surface area contributed by atoms with Gasteiger partial charge in [0.1, 0.15) is 5.82 Å². The van der Waals surface area contributed by atoms with E-state index in [0.717, 1.165) is 16.2 Å². The van der Waals surface area contributed by atoms with Gasteiger partial charge in [-0.25, -0.2) is 9.37 Å². The number of hydrogen-bond acceptors (Lipinski definition) is 4. The molecule has 5 nitrogen and oxygen atoms in total. The largest absolute Gasteiger partial charge is 0.383 e. The van der Waals surface area contributed by atoms with Crippen molar-refractivity contribution in [2.75, 3.05) is 19.0 Å². The molecule has 0 bridgehead atoms. The van der Waals surface area contributed by atoms with Crippen LogP contribution in [0.3, 0.4) is 0 Å². The maximum atomic E-state index is 14.0. The van der Waals surface area contributed by atoms with Gasteiger partial charge in [-0.15, -0.1) is 0 Å². The minimum Gasteiger partial charge on any atom is -0.383 e. The lowest BCUT2D eigenvalue weighted by Gasteiger charge is -2.14. The molecule has 0 aliphatic carbocycles. The summed E-state index contributed by atoms with van der Waals surface area (Å²) >= 11 is 4.54. The number of halogens is 2. The van der Waals surface area contributed by atoms with E-state index in [1.807, 2.05) is 28.8 Å². The zero-order valence-corrected chi connectivity index (χ0v) is 17.3. The number of fused-ring (bicyclic) bond motifs is 1. The lowest BCUT2D eigenvalue weighted by molar-refractivity contribution is -0.115. The maximum Gasteiger partial charge on any atom is 0.237 e. The van der Waals surface area contributed by atoms with Crippen LogP contribution in [-0.2, 0) is 16.1 Å². The first-order valence-electron chi connectivity index (χ1n) is 8.36. The minimum absolute atomic E-state index is 0.156. The fourth-order valence-electron chi connectivity index (χ4n) is 2.58. The Morgan fingerprint density at radius 2 is 2.15 bits per heavy atom. The molecule has 27 heavy (non-hydrogen) atoms. The summed E-state index contributed by atoms with van der Waals surface area (Å²) in [6, 6.07) is 12.3. The first-order chi connectivity index (χ1) is 13.0. The van der Waals surface area contributed by atoms with E-state index in [9.17, 15) is 9.18 Å². The topological polar surface area (TPSA) is 56.1 Å². The SMILES string of the molecule is COCCn1c(S[C@H](C)C(=O)Nc2ccc(Br)cc2F)nc2ccccc21. The number of methoxy groups -OCH3 is 1. The number of nitrogens with zero attached hydrogens (tertiary/aromatic N) is 2. The molecule has 0 fully saturated rings. The first kappa shape index (κ1) is 19.9. The predicted octanol–water partition coefficient (Wildman–Crippen LogP) is 4.70. The fourth-order valence-corrected chi connectivity index (χ4v) is 3.86. The van der Waals surface area contributed by atoms with Crippen LogP contribution in [0.2, 0.25) is 0 Å². The molecule has 0 saturated heterocycles. The normalized spacial score (nSPS) is 12.3. The average Bonchev–Trinajstić information content (AvgIpc) is 2.99. The van der Waals surface area contributed by atoms with Crippen molar-refractivity contribution in [3.8, 4) is 0 Å². The summed E-state index contributed by atoms with van der Waals surface area (Å²) in [4.78, 5) is 17.2. The zero-order chi connectivity index (χ0) is 19.4. The maximum absolute atomic E-state index is 14.0. The number of carbonyl (C=O) groups excluding carboxylic acids is 1. The molecule has 0 aliphatic rings. The Kier molecular flexibility index (Phi) is 6.51. The number of ether oxygens (including phenoxy) is 1. The summed E-state index contributed by atoms with van der Waals surface area (Å²) in [7, 11) is 1.65. The molecule has 8 heteroatoms. The van der Waals surface area contributed by atoms with E-state index in [0.29, 0.717) is 17.6 Å². The van der Waals surface area contributed by atoms with E-state index < -0.39 is 11.1 Å². The molecule has 1 N–H and O–H groups in total. The third kappa shape index (κ3) is 4.69. The second-order valence-corrected chi connectivity index (χ2v) is 8.12. The van der Waals surface area contributed by atoms with Gasteiger partial charge in [-0.05, 0) is 37.3 Å². The Bertz CT molecular complexity index is 963. The van der Waals surface area contributed by atoms with Crippen molar-refractivity contribution in [1.82, 2.24) is 9.55 Å². The van der Waals surface area contributed by atoms with Gasteiger partial charge in [-0.1, -0.05) is 39.8 Å². The van der Waals surface area contributed by atoms with Crippen LogP contribution in [0, 0.1) is 5.82 Å². The third-order valence-electron chi connectivity index (χ3n) is 3.98. The van der Waals surface area contributed by atoms with Crippen LogP contribution in [0.15, 0.2) is 52.1 Å². The van der Waals surface area contributed by atoms with Crippen molar-refractivity contribution in [2.24, 2.45) is 0 Å². The van der Waals surface area contributed by atoms with Crippen molar-refractivity contribution < 1.29 is 13.9 Å². The lowest BCUT2D eigenvalue weighted by atomic mass is 10.3. The molecule has 1 heterocycles. The van der Waals surface area contributed by atoms with Crippen LogP contribution in [-0.4, -0.2) is 34.4 Å². The van der Waals surface area contributed by atoms with Crippen LogP contribution in [0.1, 0.15) is 6.92 Å². The molecule has 0 radical (unpaired) electrons. The van der Waals surface area contributed by atoms with E-state index in [4.69, 9.17) is 4.74 Å². The van der Waals surface area contributed by atoms with Gasteiger partial charge < -0.3 is 14.6 Å². The fraction of sp³-hybridized carbons (Fsp3) is 0.263. The highest BCUT2D eigenvalue weighted by molar-refractivity contribution is 9.10. The van der Waals surface area contributed by atoms with Gasteiger partial charge >= 0.3 is 0 Å². The van der Waals surface area contributed by atoms with Gasteiger partial charge in [0, 0.05) is 18.1 Å². The second-order valence-electron chi connectivity index (χ2n) is 5.90. The van der Waals surface area contributed by atoms with E-state index >= 15 is 0 Å². The summed E-state index contributed by atoms with van der Waals surface area (Å²) in [5.41, 5.74) is 2.01. The molecule has 142 valence electrons. The van der Waals surface area contributed by atoms with Crippen molar-refractivity contribution in [2.45, 2.75) is 23.9 Å². The second kappa shape index (κ2) is 8.86. The van der Waals surface area contributed by atoms with Gasteiger partial charge in [0.25, 0.3) is 0 Å². The number of amides is 1. The Balaban J connectivity index is 1.78. The minimum atomic E-state index is -0.484. The quantitative estimate of drug-likeness (QED) is 0.528. The Morgan fingerprint density at radius 1 is 1.37 bits per heavy atom. The third-order valence-corrected chi connectivity index (χ3v) is 5.56. The van der Waals surface area contributed by atoms with Crippen LogP contribution < -0.4 is 5.32 Å². The molecule has 0 unspecified atom stereocenters. The smallest absolute Gasteiger partial charge is 0.237 e. The number of para-hydroxylation sites is 2. The highest BCUT2D eigenvalue weighted by Crippen LogP contribution is 2.28. The molecule has 0 saturated carbocycles. The van der Waals surface area contributed by atoms with E-state index in [2.05, 4.69) is 26.2 Å². The number of aromatic nitrogens is 2. The van der Waals surface area contributed by atoms with Gasteiger partial charge in [-0.3, -0.25) is 4.79 Å². The van der Waals surface area contributed by atoms with Crippen molar-refractivity contribution in [3.63, 3.8) is 0 Å². The number of rotatable bonds is 7. The summed E-state index contributed by atoms with van der Waals surface area (Å²) < 4.78 is 21.8. The Morgan fingerprint density at radius 3 is 2.89 bits per heavy atom. The molecule has 0 aliphatic heterocycles. The zero-order valence-electron chi connectivity index (χ0n) is 14.9. The van der Waals surface area contributed by atoms with Gasteiger partial charge in [0.15, 0.2) is 5.16 Å². The monoisotopic (exact) mass is 451 g/mol. The van der Waals surface area contributed by atoms with Gasteiger partial charge in [0.2, 0.25) is 5.91 Å². The van der Waals surface area contributed by atoms with Crippen LogP contribution in [0.4, 0.5) is 10.1 Å².